The van der Waals surface area contributed by atoms with Crippen molar-refractivity contribution in [3.8, 4) is 0 Å². The molecule has 7 nitrogen and oxygen atoms in total. The fraction of sp³-hybridized carbons (Fsp3) is 0.571. The van der Waals surface area contributed by atoms with E-state index in [2.05, 4.69) is 16.0 Å². The molecule has 1 aromatic rings. The van der Waals surface area contributed by atoms with Crippen LogP contribution in [0.25, 0.3) is 0 Å². The summed E-state index contributed by atoms with van der Waals surface area (Å²) in [7, 11) is 1.90. The Morgan fingerprint density at radius 1 is 1.52 bits per heavy atom. The lowest BCUT2D eigenvalue weighted by atomic mass is 10.1. The number of urea groups is 1. The van der Waals surface area contributed by atoms with Crippen molar-refractivity contribution in [1.29, 1.82) is 0 Å². The molecule has 116 valence electrons. The quantitative estimate of drug-likeness (QED) is 0.726. The topological polar surface area (TPSA) is 86.6 Å². The van der Waals surface area contributed by atoms with Crippen LogP contribution in [0.1, 0.15) is 18.6 Å². The molecular formula is C14H22N4O3. The summed E-state index contributed by atoms with van der Waals surface area (Å²) < 4.78 is 5.09. The van der Waals surface area contributed by atoms with Gasteiger partial charge in [0.15, 0.2) is 0 Å². The highest BCUT2D eigenvalue weighted by Gasteiger charge is 2.20. The molecule has 21 heavy (non-hydrogen) atoms. The van der Waals surface area contributed by atoms with Crippen LogP contribution in [0.15, 0.2) is 22.8 Å². The molecule has 1 aliphatic rings. The fourth-order valence-electron chi connectivity index (χ4n) is 2.36. The second-order valence-electron chi connectivity index (χ2n) is 5.23. The first-order valence-electron chi connectivity index (χ1n) is 7.16. The predicted molar refractivity (Wildman–Crippen MR) is 77.6 cm³/mol. The van der Waals surface area contributed by atoms with Gasteiger partial charge in [-0.1, -0.05) is 0 Å². The van der Waals surface area contributed by atoms with E-state index in [1.54, 1.807) is 12.1 Å². The summed E-state index contributed by atoms with van der Waals surface area (Å²) in [5.74, 6) is 0.336. The number of rotatable bonds is 5. The number of likely N-dealkylation sites (N-methyl/N-ethyl adjacent to an activating group) is 1. The van der Waals surface area contributed by atoms with Crippen molar-refractivity contribution in [2.75, 3.05) is 26.7 Å². The van der Waals surface area contributed by atoms with Gasteiger partial charge in [-0.25, -0.2) is 4.79 Å². The van der Waals surface area contributed by atoms with Crippen LogP contribution < -0.4 is 16.0 Å². The first kappa shape index (κ1) is 15.5. The van der Waals surface area contributed by atoms with Gasteiger partial charge in [0.2, 0.25) is 5.91 Å². The number of hydrogen-bond acceptors (Lipinski definition) is 5. The van der Waals surface area contributed by atoms with Gasteiger partial charge in [-0.3, -0.25) is 15.0 Å². The molecule has 7 heteroatoms. The van der Waals surface area contributed by atoms with Crippen molar-refractivity contribution in [3.05, 3.63) is 24.2 Å². The van der Waals surface area contributed by atoms with Crippen LogP contribution in [0, 0.1) is 0 Å². The summed E-state index contributed by atoms with van der Waals surface area (Å²) in [4.78, 5) is 25.4. The third kappa shape index (κ3) is 5.20. The second kappa shape index (κ2) is 7.80. The van der Waals surface area contributed by atoms with Crippen molar-refractivity contribution in [1.82, 2.24) is 20.9 Å². The maximum atomic E-state index is 11.8. The Labute approximate surface area is 124 Å². The Bertz CT molecular complexity index is 455. The Hall–Kier alpha value is -1.86. The number of hydrogen-bond donors (Lipinski definition) is 3. The minimum Gasteiger partial charge on any atom is -0.467 e. The summed E-state index contributed by atoms with van der Waals surface area (Å²) in [6.07, 6.45) is 3.72. The molecule has 0 bridgehead atoms. The minimum atomic E-state index is -0.508. The van der Waals surface area contributed by atoms with Crippen LogP contribution in [0.2, 0.25) is 0 Å². The first-order chi connectivity index (χ1) is 10.1. The summed E-state index contributed by atoms with van der Waals surface area (Å²) in [5, 5.41) is 8.20. The minimum absolute atomic E-state index is 0.209. The third-order valence-electron chi connectivity index (χ3n) is 3.54. The van der Waals surface area contributed by atoms with Crippen LogP contribution in [0.4, 0.5) is 4.79 Å². The number of piperidine rings is 1. The van der Waals surface area contributed by atoms with Gasteiger partial charge in [0.25, 0.3) is 0 Å². The zero-order valence-corrected chi connectivity index (χ0v) is 12.2. The molecule has 1 aromatic heterocycles. The molecule has 1 atom stereocenters. The molecule has 2 rings (SSSR count). The van der Waals surface area contributed by atoms with E-state index in [1.165, 1.54) is 6.26 Å². The number of carbonyl (C=O) groups is 2. The zero-order chi connectivity index (χ0) is 15.1. The Morgan fingerprint density at radius 2 is 2.38 bits per heavy atom. The largest absolute Gasteiger partial charge is 0.467 e. The SMILES string of the molecule is CN(CC(=O)NC(=O)NCc1ccco1)C1CCCNC1. The van der Waals surface area contributed by atoms with Crippen molar-refractivity contribution < 1.29 is 14.0 Å². The molecule has 1 fully saturated rings. The van der Waals surface area contributed by atoms with E-state index in [4.69, 9.17) is 4.42 Å². The normalized spacial score (nSPS) is 18.5. The molecule has 0 radical (unpaired) electrons. The van der Waals surface area contributed by atoms with Crippen molar-refractivity contribution in [2.24, 2.45) is 0 Å². The highest BCUT2D eigenvalue weighted by atomic mass is 16.3. The van der Waals surface area contributed by atoms with Gasteiger partial charge >= 0.3 is 6.03 Å². The van der Waals surface area contributed by atoms with E-state index in [1.807, 2.05) is 11.9 Å². The molecule has 1 unspecified atom stereocenters. The van der Waals surface area contributed by atoms with Gasteiger partial charge in [-0.15, -0.1) is 0 Å². The number of furan rings is 1. The number of imide groups is 1. The molecular weight excluding hydrogens is 272 g/mol. The maximum absolute atomic E-state index is 11.8. The summed E-state index contributed by atoms with van der Waals surface area (Å²) in [6, 6.07) is 3.33. The number of carbonyl (C=O) groups excluding carboxylic acids is 2. The fourth-order valence-corrected chi connectivity index (χ4v) is 2.36. The zero-order valence-electron chi connectivity index (χ0n) is 12.2. The van der Waals surface area contributed by atoms with E-state index in [0.717, 1.165) is 25.9 Å². The lowest BCUT2D eigenvalue weighted by molar-refractivity contribution is -0.121. The predicted octanol–water partition coefficient (Wildman–Crippen LogP) is 0.289. The van der Waals surface area contributed by atoms with E-state index in [0.29, 0.717) is 11.8 Å². The Kier molecular flexibility index (Phi) is 5.77. The molecule has 0 spiro atoms. The first-order valence-corrected chi connectivity index (χ1v) is 7.16. The maximum Gasteiger partial charge on any atom is 0.321 e. The van der Waals surface area contributed by atoms with Crippen LogP contribution >= 0.6 is 0 Å². The smallest absolute Gasteiger partial charge is 0.321 e. The number of nitrogens with one attached hydrogen (secondary N) is 3. The third-order valence-corrected chi connectivity index (χ3v) is 3.54. The standard InChI is InChI=1S/C14H22N4O3/c1-18(11-4-2-6-15-8-11)10-13(19)17-14(20)16-9-12-5-3-7-21-12/h3,5,7,11,15H,2,4,6,8-10H2,1H3,(H2,16,17,19,20). The van der Waals surface area contributed by atoms with Gasteiger partial charge in [0.05, 0.1) is 19.4 Å². The van der Waals surface area contributed by atoms with Crippen molar-refractivity contribution >= 4 is 11.9 Å². The Morgan fingerprint density at radius 3 is 3.05 bits per heavy atom. The van der Waals surface area contributed by atoms with Crippen molar-refractivity contribution in [2.45, 2.75) is 25.4 Å². The molecule has 3 N–H and O–H groups in total. The summed E-state index contributed by atoms with van der Waals surface area (Å²) in [6.45, 7) is 2.38. The molecule has 0 saturated carbocycles. The summed E-state index contributed by atoms with van der Waals surface area (Å²) >= 11 is 0. The van der Waals surface area contributed by atoms with Gasteiger partial charge < -0.3 is 15.1 Å². The van der Waals surface area contributed by atoms with Gasteiger partial charge in [0.1, 0.15) is 5.76 Å². The van der Waals surface area contributed by atoms with E-state index >= 15 is 0 Å². The van der Waals surface area contributed by atoms with E-state index < -0.39 is 6.03 Å². The molecule has 0 aliphatic carbocycles. The van der Waals surface area contributed by atoms with Crippen LogP contribution in [0.3, 0.4) is 0 Å². The van der Waals surface area contributed by atoms with E-state index in [-0.39, 0.29) is 19.0 Å². The highest BCUT2D eigenvalue weighted by molar-refractivity contribution is 5.95. The lowest BCUT2D eigenvalue weighted by Crippen LogP contribution is -2.49. The van der Waals surface area contributed by atoms with Gasteiger partial charge in [-0.2, -0.15) is 0 Å². The summed E-state index contributed by atoms with van der Waals surface area (Å²) in [5.41, 5.74) is 0. The van der Waals surface area contributed by atoms with Crippen LogP contribution in [-0.4, -0.2) is 49.6 Å². The lowest BCUT2D eigenvalue weighted by Gasteiger charge is -2.31. The van der Waals surface area contributed by atoms with Crippen molar-refractivity contribution in [3.63, 3.8) is 0 Å². The molecule has 0 aromatic carbocycles. The molecule has 1 aliphatic heterocycles. The number of amides is 3. The monoisotopic (exact) mass is 294 g/mol. The molecule has 1 saturated heterocycles. The molecule has 2 heterocycles. The van der Waals surface area contributed by atoms with Crippen LogP contribution in [-0.2, 0) is 11.3 Å². The van der Waals surface area contributed by atoms with E-state index in [9.17, 15) is 9.59 Å². The number of nitrogens with zero attached hydrogens (tertiary/aromatic N) is 1. The molecule has 3 amide bonds. The highest BCUT2D eigenvalue weighted by Crippen LogP contribution is 2.07. The van der Waals surface area contributed by atoms with Gasteiger partial charge in [0, 0.05) is 12.6 Å². The second-order valence-corrected chi connectivity index (χ2v) is 5.23. The average Bonchev–Trinajstić information content (AvgIpc) is 2.99. The Balaban J connectivity index is 1.66. The average molecular weight is 294 g/mol. The van der Waals surface area contributed by atoms with Gasteiger partial charge in [-0.05, 0) is 38.6 Å². The van der Waals surface area contributed by atoms with Crippen LogP contribution in [0.5, 0.6) is 0 Å².